The van der Waals surface area contributed by atoms with Gasteiger partial charge in [0.1, 0.15) is 35.2 Å². The van der Waals surface area contributed by atoms with Crippen LogP contribution in [0.2, 0.25) is 0 Å². The number of methoxy groups -OCH3 is 1. The van der Waals surface area contributed by atoms with Crippen molar-refractivity contribution in [1.82, 2.24) is 4.98 Å². The van der Waals surface area contributed by atoms with Crippen LogP contribution in [0.15, 0.2) is 48.7 Å². The number of phenols is 2. The summed E-state index contributed by atoms with van der Waals surface area (Å²) in [4.78, 5) is 16.7. The third-order valence-electron chi connectivity index (χ3n) is 4.82. The van der Waals surface area contributed by atoms with E-state index in [1.807, 2.05) is 0 Å². The van der Waals surface area contributed by atoms with Crippen molar-refractivity contribution < 1.29 is 39.4 Å². The molecule has 0 saturated carbocycles. The molecule has 4 rings (SSSR count). The molecule has 31 heavy (non-hydrogen) atoms. The number of hydrogen-bond donors (Lipinski definition) is 4. The van der Waals surface area contributed by atoms with Crippen molar-refractivity contribution in [1.29, 1.82) is 0 Å². The van der Waals surface area contributed by atoms with E-state index in [9.17, 15) is 25.2 Å². The van der Waals surface area contributed by atoms with Crippen LogP contribution in [0.1, 0.15) is 27.7 Å². The maximum atomic E-state index is 12.6. The highest BCUT2D eigenvalue weighted by Gasteiger charge is 2.39. The van der Waals surface area contributed by atoms with E-state index in [2.05, 4.69) is 4.98 Å². The molecule has 0 spiro atoms. The van der Waals surface area contributed by atoms with E-state index in [-0.39, 0.29) is 29.4 Å². The van der Waals surface area contributed by atoms with Crippen LogP contribution >= 0.6 is 0 Å². The molecule has 2 aromatic carbocycles. The zero-order valence-electron chi connectivity index (χ0n) is 16.3. The van der Waals surface area contributed by atoms with E-state index in [4.69, 9.17) is 14.2 Å². The molecule has 1 aliphatic rings. The van der Waals surface area contributed by atoms with Crippen LogP contribution < -0.4 is 14.2 Å². The summed E-state index contributed by atoms with van der Waals surface area (Å²) >= 11 is 0. The summed E-state index contributed by atoms with van der Waals surface area (Å²) < 4.78 is 16.8. The molecule has 2 heterocycles. The smallest absolute Gasteiger partial charge is 0.202 e. The highest BCUT2D eigenvalue weighted by molar-refractivity contribution is 6.05. The lowest BCUT2D eigenvalue weighted by atomic mass is 9.92. The molecule has 1 aromatic heterocycles. The summed E-state index contributed by atoms with van der Waals surface area (Å²) in [6, 6.07) is 10.1. The minimum atomic E-state index is -1.58. The first-order chi connectivity index (χ1) is 14.9. The Balaban J connectivity index is 1.64. The summed E-state index contributed by atoms with van der Waals surface area (Å²) in [5.74, 6) is -0.747. The number of carbonyl (C=O) groups excluding carboxylic acids is 1. The van der Waals surface area contributed by atoms with Gasteiger partial charge in [-0.15, -0.1) is 0 Å². The largest absolute Gasteiger partial charge is 0.508 e. The Hall–Kier alpha value is -3.98. The van der Waals surface area contributed by atoms with Crippen LogP contribution in [0.25, 0.3) is 0 Å². The van der Waals surface area contributed by atoms with Gasteiger partial charge in [-0.2, -0.15) is 0 Å². The number of carbonyl (C=O) groups is 1. The highest BCUT2D eigenvalue weighted by Crippen LogP contribution is 2.43. The lowest BCUT2D eigenvalue weighted by molar-refractivity contribution is 0.0209. The van der Waals surface area contributed by atoms with Gasteiger partial charge in [-0.05, 0) is 29.8 Å². The Morgan fingerprint density at radius 1 is 1.03 bits per heavy atom. The van der Waals surface area contributed by atoms with Crippen LogP contribution in [-0.4, -0.2) is 44.4 Å². The van der Waals surface area contributed by atoms with Gasteiger partial charge in [-0.1, -0.05) is 6.07 Å². The number of rotatable bonds is 5. The molecule has 0 amide bonds. The number of benzene rings is 2. The predicted octanol–water partition coefficient (Wildman–Crippen LogP) is 2.46. The Labute approximate surface area is 176 Å². The van der Waals surface area contributed by atoms with Gasteiger partial charge < -0.3 is 34.6 Å². The SMILES string of the molecule is COc1ccc(C2Oc3cc(O)cc(O)c3C(=O)C2O)cc1OCc1ccc(O)cn1. The van der Waals surface area contributed by atoms with E-state index in [1.54, 1.807) is 24.3 Å². The normalized spacial score (nSPS) is 17.5. The van der Waals surface area contributed by atoms with Gasteiger partial charge in [0.25, 0.3) is 0 Å². The van der Waals surface area contributed by atoms with Crippen molar-refractivity contribution >= 4 is 5.78 Å². The van der Waals surface area contributed by atoms with Crippen molar-refractivity contribution in [3.8, 4) is 34.5 Å². The number of phenolic OH excluding ortho intramolecular Hbond substituents is 2. The van der Waals surface area contributed by atoms with Gasteiger partial charge in [-0.3, -0.25) is 9.78 Å². The number of Topliss-reactive ketones (excluding diaryl/α,β-unsaturated/α-hetero) is 1. The number of aromatic nitrogens is 1. The monoisotopic (exact) mass is 425 g/mol. The molecular weight excluding hydrogens is 406 g/mol. The molecule has 9 heteroatoms. The van der Waals surface area contributed by atoms with E-state index in [1.165, 1.54) is 25.4 Å². The molecule has 160 valence electrons. The fourth-order valence-corrected chi connectivity index (χ4v) is 3.30. The Bertz CT molecular complexity index is 1130. The zero-order chi connectivity index (χ0) is 22.1. The predicted molar refractivity (Wildman–Crippen MR) is 107 cm³/mol. The van der Waals surface area contributed by atoms with Gasteiger partial charge in [0.15, 0.2) is 23.7 Å². The van der Waals surface area contributed by atoms with Crippen molar-refractivity contribution in [3.63, 3.8) is 0 Å². The van der Waals surface area contributed by atoms with Crippen LogP contribution in [0.4, 0.5) is 0 Å². The fourth-order valence-electron chi connectivity index (χ4n) is 3.30. The first kappa shape index (κ1) is 20.3. The Morgan fingerprint density at radius 3 is 2.55 bits per heavy atom. The maximum absolute atomic E-state index is 12.6. The number of pyridine rings is 1. The molecule has 0 saturated heterocycles. The summed E-state index contributed by atoms with van der Waals surface area (Å²) in [6.45, 7) is 0.0810. The molecule has 2 unspecified atom stereocenters. The average molecular weight is 425 g/mol. The summed E-state index contributed by atoms with van der Waals surface area (Å²) in [6.07, 6.45) is -1.38. The van der Waals surface area contributed by atoms with E-state index >= 15 is 0 Å². The third kappa shape index (κ3) is 3.90. The number of aromatic hydroxyl groups is 3. The second-order valence-electron chi connectivity index (χ2n) is 6.89. The number of nitrogens with zero attached hydrogens (tertiary/aromatic N) is 1. The van der Waals surface area contributed by atoms with Crippen LogP contribution in [-0.2, 0) is 6.61 Å². The number of aliphatic hydroxyl groups is 1. The van der Waals surface area contributed by atoms with E-state index in [0.717, 1.165) is 6.07 Å². The first-order valence-electron chi connectivity index (χ1n) is 9.27. The van der Waals surface area contributed by atoms with Crippen molar-refractivity contribution in [2.24, 2.45) is 0 Å². The van der Waals surface area contributed by atoms with Crippen LogP contribution in [0.5, 0.6) is 34.5 Å². The Kier molecular flexibility index (Phi) is 5.26. The van der Waals surface area contributed by atoms with Gasteiger partial charge in [0.05, 0.1) is 19.0 Å². The van der Waals surface area contributed by atoms with Gasteiger partial charge in [0, 0.05) is 12.1 Å². The molecule has 0 aliphatic carbocycles. The Morgan fingerprint density at radius 2 is 1.84 bits per heavy atom. The minimum absolute atomic E-state index is 0.0359. The first-order valence-corrected chi connectivity index (χ1v) is 9.27. The summed E-state index contributed by atoms with van der Waals surface area (Å²) in [5, 5.41) is 39.5. The molecule has 0 fully saturated rings. The van der Waals surface area contributed by atoms with Gasteiger partial charge in [-0.25, -0.2) is 0 Å². The van der Waals surface area contributed by atoms with E-state index in [0.29, 0.717) is 22.8 Å². The zero-order valence-corrected chi connectivity index (χ0v) is 16.3. The van der Waals surface area contributed by atoms with E-state index < -0.39 is 23.7 Å². The maximum Gasteiger partial charge on any atom is 0.202 e. The van der Waals surface area contributed by atoms with Crippen molar-refractivity contribution in [2.75, 3.05) is 7.11 Å². The number of ketones is 1. The summed E-state index contributed by atoms with van der Waals surface area (Å²) in [7, 11) is 1.47. The molecule has 2 atom stereocenters. The lowest BCUT2D eigenvalue weighted by Gasteiger charge is -2.30. The number of hydrogen-bond acceptors (Lipinski definition) is 9. The standard InChI is InChI=1S/C22H19NO8/c1-29-16-5-2-11(6-17(16)30-10-12-3-4-13(24)9-23-12)22-21(28)20(27)19-15(26)7-14(25)8-18(19)31-22/h2-9,21-22,24-26,28H,10H2,1H3. The highest BCUT2D eigenvalue weighted by atomic mass is 16.5. The third-order valence-corrected chi connectivity index (χ3v) is 4.82. The molecule has 9 nitrogen and oxygen atoms in total. The fraction of sp³-hybridized carbons (Fsp3) is 0.182. The quantitative estimate of drug-likeness (QED) is 0.485. The van der Waals surface area contributed by atoms with Crippen molar-refractivity contribution in [2.45, 2.75) is 18.8 Å². The molecule has 0 bridgehead atoms. The molecule has 3 aromatic rings. The number of ether oxygens (including phenoxy) is 3. The lowest BCUT2D eigenvalue weighted by Crippen LogP contribution is -2.36. The average Bonchev–Trinajstić information content (AvgIpc) is 2.75. The topological polar surface area (TPSA) is 139 Å². The minimum Gasteiger partial charge on any atom is -0.508 e. The van der Waals surface area contributed by atoms with Crippen molar-refractivity contribution in [3.05, 3.63) is 65.5 Å². The number of fused-ring (bicyclic) bond motifs is 1. The molecule has 4 N–H and O–H groups in total. The molecular formula is C22H19NO8. The van der Waals surface area contributed by atoms with Gasteiger partial charge >= 0.3 is 0 Å². The number of aliphatic hydroxyl groups excluding tert-OH is 1. The van der Waals surface area contributed by atoms with Crippen LogP contribution in [0, 0.1) is 0 Å². The second-order valence-corrected chi connectivity index (χ2v) is 6.89. The van der Waals surface area contributed by atoms with Gasteiger partial charge in [0.2, 0.25) is 5.78 Å². The van der Waals surface area contributed by atoms with Crippen LogP contribution in [0.3, 0.4) is 0 Å². The second kappa shape index (κ2) is 8.04. The molecule has 1 aliphatic heterocycles. The molecule has 0 radical (unpaired) electrons. The summed E-state index contributed by atoms with van der Waals surface area (Å²) in [5.41, 5.74) is 0.794.